The molecule has 7 heteroatoms. The van der Waals surface area contributed by atoms with E-state index < -0.39 is 10.0 Å². The summed E-state index contributed by atoms with van der Waals surface area (Å²) in [5.41, 5.74) is 3.02. The highest BCUT2D eigenvalue weighted by molar-refractivity contribution is 7.92. The Morgan fingerprint density at radius 2 is 1.68 bits per heavy atom. The maximum absolute atomic E-state index is 12.3. The highest BCUT2D eigenvalue weighted by Gasteiger charge is 2.19. The highest BCUT2D eigenvalue weighted by atomic mass is 32.2. The van der Waals surface area contributed by atoms with Crippen molar-refractivity contribution in [3.05, 3.63) is 65.2 Å². The van der Waals surface area contributed by atoms with Gasteiger partial charge in [0, 0.05) is 12.1 Å². The fourth-order valence-corrected chi connectivity index (χ4v) is 3.70. The van der Waals surface area contributed by atoms with Crippen LogP contribution in [-0.4, -0.2) is 52.7 Å². The van der Waals surface area contributed by atoms with Crippen molar-refractivity contribution >= 4 is 21.6 Å². The lowest BCUT2D eigenvalue weighted by atomic mass is 10.1. The first-order valence-corrected chi connectivity index (χ1v) is 11.1. The lowest BCUT2D eigenvalue weighted by molar-refractivity contribution is 0.0952. The second-order valence-electron chi connectivity index (χ2n) is 7.16. The van der Waals surface area contributed by atoms with Crippen LogP contribution in [0.15, 0.2) is 48.5 Å². The third-order valence-electron chi connectivity index (χ3n) is 4.46. The van der Waals surface area contributed by atoms with Gasteiger partial charge in [0.25, 0.3) is 5.91 Å². The van der Waals surface area contributed by atoms with Gasteiger partial charge in [0.2, 0.25) is 10.0 Å². The van der Waals surface area contributed by atoms with Crippen molar-refractivity contribution in [2.24, 2.45) is 0 Å². The van der Waals surface area contributed by atoms with Crippen molar-refractivity contribution in [3.8, 4) is 0 Å². The first kappa shape index (κ1) is 21.9. The summed E-state index contributed by atoms with van der Waals surface area (Å²) in [5.74, 6) is -0.157. The lowest BCUT2D eigenvalue weighted by Crippen LogP contribution is -2.30. The molecule has 0 bridgehead atoms. The van der Waals surface area contributed by atoms with Crippen LogP contribution >= 0.6 is 0 Å². The monoisotopic (exact) mass is 403 g/mol. The van der Waals surface area contributed by atoms with Gasteiger partial charge in [-0.2, -0.15) is 0 Å². The number of aryl methyl sites for hydroxylation is 1. The molecule has 1 N–H and O–H groups in total. The summed E-state index contributed by atoms with van der Waals surface area (Å²) in [5, 5.41) is 2.88. The third-order valence-corrected chi connectivity index (χ3v) is 5.60. The maximum Gasteiger partial charge on any atom is 0.251 e. The molecule has 0 fully saturated rings. The van der Waals surface area contributed by atoms with Crippen LogP contribution in [0.5, 0.6) is 0 Å². The second-order valence-corrected chi connectivity index (χ2v) is 9.06. The first-order chi connectivity index (χ1) is 13.2. The molecule has 0 aliphatic carbocycles. The molecule has 0 unspecified atom stereocenters. The van der Waals surface area contributed by atoms with Gasteiger partial charge in [-0.05, 0) is 69.4 Å². The number of nitrogens with zero attached hydrogens (tertiary/aromatic N) is 2. The van der Waals surface area contributed by atoms with E-state index in [0.717, 1.165) is 24.1 Å². The molecule has 0 saturated heterocycles. The van der Waals surface area contributed by atoms with Gasteiger partial charge in [-0.15, -0.1) is 0 Å². The highest BCUT2D eigenvalue weighted by Crippen LogP contribution is 2.22. The predicted octanol–water partition coefficient (Wildman–Crippen LogP) is 2.64. The standard InChI is InChI=1S/C21H29N3O3S/c1-17-8-5-6-9-19(17)16-24(28(4,26)27)20-12-10-18(11-13-20)21(25)22-14-7-15-23(2)3/h5-6,8-13H,7,14-16H2,1-4H3,(H,22,25). The van der Waals surface area contributed by atoms with Crippen molar-refractivity contribution in [3.63, 3.8) is 0 Å². The van der Waals surface area contributed by atoms with Gasteiger partial charge < -0.3 is 10.2 Å². The van der Waals surface area contributed by atoms with Gasteiger partial charge in [-0.3, -0.25) is 9.10 Å². The number of sulfonamides is 1. The van der Waals surface area contributed by atoms with E-state index in [0.29, 0.717) is 17.8 Å². The molecule has 0 spiro atoms. The van der Waals surface area contributed by atoms with E-state index in [4.69, 9.17) is 0 Å². The molecule has 0 radical (unpaired) electrons. The fourth-order valence-electron chi connectivity index (χ4n) is 2.82. The Morgan fingerprint density at radius 1 is 1.04 bits per heavy atom. The smallest absolute Gasteiger partial charge is 0.251 e. The molecule has 0 saturated carbocycles. The van der Waals surface area contributed by atoms with E-state index in [2.05, 4.69) is 10.2 Å². The van der Waals surface area contributed by atoms with Gasteiger partial charge in [0.15, 0.2) is 0 Å². The van der Waals surface area contributed by atoms with E-state index in [1.807, 2.05) is 45.3 Å². The van der Waals surface area contributed by atoms with Gasteiger partial charge in [-0.25, -0.2) is 8.42 Å². The van der Waals surface area contributed by atoms with Crippen LogP contribution < -0.4 is 9.62 Å². The maximum atomic E-state index is 12.3. The van der Waals surface area contributed by atoms with Gasteiger partial charge in [0.1, 0.15) is 0 Å². The van der Waals surface area contributed by atoms with Crippen LogP contribution in [0, 0.1) is 6.92 Å². The number of rotatable bonds is 9. The Labute approximate surface area is 168 Å². The van der Waals surface area contributed by atoms with E-state index in [1.165, 1.54) is 10.6 Å². The Hall–Kier alpha value is -2.38. The summed E-state index contributed by atoms with van der Waals surface area (Å²) in [4.78, 5) is 14.3. The summed E-state index contributed by atoms with van der Waals surface area (Å²) >= 11 is 0. The van der Waals surface area contributed by atoms with Crippen LogP contribution in [0.1, 0.15) is 27.9 Å². The average Bonchev–Trinajstić information content (AvgIpc) is 2.63. The molecule has 28 heavy (non-hydrogen) atoms. The Morgan fingerprint density at radius 3 is 2.25 bits per heavy atom. The average molecular weight is 404 g/mol. The summed E-state index contributed by atoms with van der Waals surface area (Å²) in [6, 6.07) is 14.4. The van der Waals surface area contributed by atoms with Crippen LogP contribution in [0.25, 0.3) is 0 Å². The van der Waals surface area contributed by atoms with Crippen LogP contribution in [0.3, 0.4) is 0 Å². The first-order valence-electron chi connectivity index (χ1n) is 9.23. The van der Waals surface area contributed by atoms with Crippen LogP contribution in [0.2, 0.25) is 0 Å². The molecule has 6 nitrogen and oxygen atoms in total. The summed E-state index contributed by atoms with van der Waals surface area (Å²) < 4.78 is 26.0. The largest absolute Gasteiger partial charge is 0.352 e. The van der Waals surface area contributed by atoms with Crippen molar-refractivity contribution in [1.29, 1.82) is 0 Å². The van der Waals surface area contributed by atoms with E-state index in [1.54, 1.807) is 24.3 Å². The molecule has 2 aromatic carbocycles. The van der Waals surface area contributed by atoms with Crippen molar-refractivity contribution < 1.29 is 13.2 Å². The van der Waals surface area contributed by atoms with Crippen LogP contribution in [-0.2, 0) is 16.6 Å². The number of carbonyl (C=O) groups is 1. The number of nitrogens with one attached hydrogen (secondary N) is 1. The quantitative estimate of drug-likeness (QED) is 0.654. The lowest BCUT2D eigenvalue weighted by Gasteiger charge is -2.23. The molecular weight excluding hydrogens is 374 g/mol. The van der Waals surface area contributed by atoms with Gasteiger partial charge in [-0.1, -0.05) is 24.3 Å². The molecule has 0 aromatic heterocycles. The normalized spacial score (nSPS) is 11.5. The zero-order chi connectivity index (χ0) is 20.7. The zero-order valence-electron chi connectivity index (χ0n) is 17.0. The van der Waals surface area contributed by atoms with E-state index in [9.17, 15) is 13.2 Å². The van der Waals surface area contributed by atoms with Gasteiger partial charge in [0.05, 0.1) is 18.5 Å². The number of benzene rings is 2. The molecule has 0 heterocycles. The summed E-state index contributed by atoms with van der Waals surface area (Å²) in [6.07, 6.45) is 2.06. The zero-order valence-corrected chi connectivity index (χ0v) is 17.8. The molecule has 0 atom stereocenters. The van der Waals surface area contributed by atoms with Crippen molar-refractivity contribution in [1.82, 2.24) is 10.2 Å². The van der Waals surface area contributed by atoms with Gasteiger partial charge >= 0.3 is 0 Å². The Balaban J connectivity index is 2.11. The number of hydrogen-bond acceptors (Lipinski definition) is 4. The number of carbonyl (C=O) groups excluding carboxylic acids is 1. The molecule has 152 valence electrons. The molecule has 0 aliphatic heterocycles. The van der Waals surface area contributed by atoms with Crippen LogP contribution in [0.4, 0.5) is 5.69 Å². The van der Waals surface area contributed by atoms with E-state index in [-0.39, 0.29) is 12.5 Å². The van der Waals surface area contributed by atoms with Crippen molar-refractivity contribution in [2.75, 3.05) is 37.7 Å². The molecular formula is C21H29N3O3S. The Bertz CT molecular complexity index is 893. The number of anilines is 1. The molecule has 2 aromatic rings. The minimum Gasteiger partial charge on any atom is -0.352 e. The minimum atomic E-state index is -3.46. The third kappa shape index (κ3) is 6.35. The van der Waals surface area contributed by atoms with E-state index >= 15 is 0 Å². The minimum absolute atomic E-state index is 0.157. The Kier molecular flexibility index (Phi) is 7.60. The second kappa shape index (κ2) is 9.71. The summed E-state index contributed by atoms with van der Waals surface area (Å²) in [6.45, 7) is 3.71. The molecule has 0 aliphatic rings. The SMILES string of the molecule is Cc1ccccc1CN(c1ccc(C(=O)NCCCN(C)C)cc1)S(C)(=O)=O. The van der Waals surface area contributed by atoms with Crippen molar-refractivity contribution in [2.45, 2.75) is 19.9 Å². The fraction of sp³-hybridized carbons (Fsp3) is 0.381. The topological polar surface area (TPSA) is 69.7 Å². The molecule has 2 rings (SSSR count). The number of amides is 1. The number of hydrogen-bond donors (Lipinski definition) is 1. The summed E-state index contributed by atoms with van der Waals surface area (Å²) in [7, 11) is 0.519. The molecule has 1 amide bonds. The predicted molar refractivity (Wildman–Crippen MR) is 114 cm³/mol.